The third kappa shape index (κ3) is 8.49. The monoisotopic (exact) mass is 483 g/mol. The van der Waals surface area contributed by atoms with E-state index in [1.807, 2.05) is 41.6 Å². The van der Waals surface area contributed by atoms with Gasteiger partial charge in [-0.1, -0.05) is 13.8 Å². The van der Waals surface area contributed by atoms with E-state index in [4.69, 9.17) is 9.90 Å². The molecule has 0 aliphatic carbocycles. The lowest BCUT2D eigenvalue weighted by atomic mass is 10.1. The molecule has 0 aromatic carbocycles. The number of aromatic nitrogens is 3. The number of pyridine rings is 1. The number of carboxylic acids is 1. The van der Waals surface area contributed by atoms with Gasteiger partial charge in [0.15, 0.2) is 0 Å². The molecule has 1 aliphatic heterocycles. The third-order valence-electron chi connectivity index (χ3n) is 4.97. The van der Waals surface area contributed by atoms with Crippen molar-refractivity contribution in [1.29, 1.82) is 0 Å². The number of hydrogen-bond donors (Lipinski definition) is 2. The normalized spacial score (nSPS) is 15.2. The standard InChI is InChI=1S/C20H27N5O2.C2HF3O2/c1-15(2)11-20(27)24-13-17-6-10-23-25(17)18(14-24)12-19(26)22-9-5-16-3-7-21-8-4-16;3-2(4,5)1(6)7/h3-4,6-8,10,15,18H,5,9,11-14H2,1-2H3,(H,22,26);(H,6,7). The van der Waals surface area contributed by atoms with Crippen LogP contribution in [0.3, 0.4) is 0 Å². The fourth-order valence-electron chi connectivity index (χ4n) is 3.39. The van der Waals surface area contributed by atoms with Crippen LogP contribution in [0.4, 0.5) is 13.2 Å². The summed E-state index contributed by atoms with van der Waals surface area (Å²) >= 11 is 0. The van der Waals surface area contributed by atoms with Gasteiger partial charge in [-0.2, -0.15) is 18.3 Å². The molecule has 0 saturated heterocycles. The number of fused-ring (bicyclic) bond motifs is 1. The minimum Gasteiger partial charge on any atom is -0.475 e. The van der Waals surface area contributed by atoms with Crippen LogP contribution in [0.15, 0.2) is 36.8 Å². The quantitative estimate of drug-likeness (QED) is 0.625. The lowest BCUT2D eigenvalue weighted by Gasteiger charge is -2.34. The SMILES string of the molecule is CC(C)CC(=O)N1Cc2ccnn2C(CC(=O)NCCc2ccncc2)C1.O=C(O)C(F)(F)F. The average Bonchev–Trinajstić information content (AvgIpc) is 3.23. The second-order valence-electron chi connectivity index (χ2n) is 8.26. The molecule has 1 atom stereocenters. The van der Waals surface area contributed by atoms with Crippen molar-refractivity contribution in [2.24, 2.45) is 5.92 Å². The minimum absolute atomic E-state index is 0.0198. The van der Waals surface area contributed by atoms with Gasteiger partial charge in [-0.15, -0.1) is 0 Å². The van der Waals surface area contributed by atoms with Crippen molar-refractivity contribution in [2.45, 2.75) is 51.9 Å². The van der Waals surface area contributed by atoms with Crippen LogP contribution in [0.25, 0.3) is 0 Å². The highest BCUT2D eigenvalue weighted by Gasteiger charge is 2.38. The van der Waals surface area contributed by atoms with Crippen molar-refractivity contribution in [3.8, 4) is 0 Å². The Kier molecular flexibility index (Phi) is 9.58. The highest BCUT2D eigenvalue weighted by molar-refractivity contribution is 5.78. The van der Waals surface area contributed by atoms with Gasteiger partial charge in [0.1, 0.15) is 0 Å². The first-order valence-electron chi connectivity index (χ1n) is 10.7. The number of halogens is 3. The van der Waals surface area contributed by atoms with E-state index in [-0.39, 0.29) is 17.9 Å². The molecule has 0 spiro atoms. The van der Waals surface area contributed by atoms with E-state index >= 15 is 0 Å². The Morgan fingerprint density at radius 1 is 1.18 bits per heavy atom. The average molecular weight is 483 g/mol. The highest BCUT2D eigenvalue weighted by Crippen LogP contribution is 2.24. The first-order valence-corrected chi connectivity index (χ1v) is 10.7. The van der Waals surface area contributed by atoms with Crippen molar-refractivity contribution in [1.82, 2.24) is 25.0 Å². The van der Waals surface area contributed by atoms with Crippen molar-refractivity contribution in [2.75, 3.05) is 13.1 Å². The van der Waals surface area contributed by atoms with Crippen LogP contribution in [-0.2, 0) is 27.3 Å². The summed E-state index contributed by atoms with van der Waals surface area (Å²) in [7, 11) is 0. The van der Waals surface area contributed by atoms with Crippen LogP contribution in [0, 0.1) is 5.92 Å². The number of nitrogens with zero attached hydrogens (tertiary/aromatic N) is 4. The van der Waals surface area contributed by atoms with Gasteiger partial charge >= 0.3 is 12.1 Å². The number of rotatable bonds is 7. The molecule has 34 heavy (non-hydrogen) atoms. The zero-order valence-corrected chi connectivity index (χ0v) is 19.0. The molecule has 3 heterocycles. The third-order valence-corrected chi connectivity index (χ3v) is 4.97. The summed E-state index contributed by atoms with van der Waals surface area (Å²) in [6, 6.07) is 5.69. The van der Waals surface area contributed by atoms with E-state index in [0.29, 0.717) is 38.4 Å². The van der Waals surface area contributed by atoms with Crippen LogP contribution in [0.2, 0.25) is 0 Å². The molecule has 12 heteroatoms. The second kappa shape index (κ2) is 12.1. The van der Waals surface area contributed by atoms with Gasteiger partial charge in [-0.05, 0) is 36.1 Å². The highest BCUT2D eigenvalue weighted by atomic mass is 19.4. The lowest BCUT2D eigenvalue weighted by Crippen LogP contribution is -2.43. The number of hydrogen-bond acceptors (Lipinski definition) is 5. The Morgan fingerprint density at radius 2 is 1.82 bits per heavy atom. The van der Waals surface area contributed by atoms with E-state index in [2.05, 4.69) is 15.4 Å². The molecule has 186 valence electrons. The molecule has 9 nitrogen and oxygen atoms in total. The topological polar surface area (TPSA) is 117 Å². The van der Waals surface area contributed by atoms with E-state index < -0.39 is 12.1 Å². The second-order valence-corrected chi connectivity index (χ2v) is 8.26. The summed E-state index contributed by atoms with van der Waals surface area (Å²) in [6.07, 6.45) is 1.77. The van der Waals surface area contributed by atoms with Crippen molar-refractivity contribution in [3.05, 3.63) is 48.0 Å². The number of nitrogens with one attached hydrogen (secondary N) is 1. The maximum atomic E-state index is 12.5. The largest absolute Gasteiger partial charge is 0.490 e. The maximum absolute atomic E-state index is 12.5. The van der Waals surface area contributed by atoms with Gasteiger partial charge in [0.25, 0.3) is 0 Å². The fraction of sp³-hybridized carbons (Fsp3) is 0.500. The van der Waals surface area contributed by atoms with Gasteiger partial charge in [-0.3, -0.25) is 19.3 Å². The van der Waals surface area contributed by atoms with Gasteiger partial charge in [-0.25, -0.2) is 4.79 Å². The summed E-state index contributed by atoms with van der Waals surface area (Å²) in [5.74, 6) is -2.32. The predicted molar refractivity (Wildman–Crippen MR) is 115 cm³/mol. The molecular formula is C22H28F3N5O4. The number of carbonyl (C=O) groups is 3. The Bertz CT molecular complexity index is 963. The van der Waals surface area contributed by atoms with Crippen LogP contribution >= 0.6 is 0 Å². The molecule has 2 aromatic heterocycles. The van der Waals surface area contributed by atoms with Crippen LogP contribution in [-0.4, -0.2) is 61.8 Å². The van der Waals surface area contributed by atoms with E-state index in [1.165, 1.54) is 0 Å². The predicted octanol–water partition coefficient (Wildman–Crippen LogP) is 2.59. The van der Waals surface area contributed by atoms with Crippen LogP contribution in [0.1, 0.15) is 44.0 Å². The van der Waals surface area contributed by atoms with E-state index in [9.17, 15) is 22.8 Å². The number of carboxylic acid groups (broad SMARTS) is 1. The zero-order valence-electron chi connectivity index (χ0n) is 19.0. The smallest absolute Gasteiger partial charge is 0.475 e. The molecule has 0 fully saturated rings. The Hall–Kier alpha value is -3.44. The Morgan fingerprint density at radius 3 is 2.41 bits per heavy atom. The summed E-state index contributed by atoms with van der Waals surface area (Å²) in [4.78, 5) is 39.7. The van der Waals surface area contributed by atoms with E-state index in [0.717, 1.165) is 17.7 Å². The lowest BCUT2D eigenvalue weighted by molar-refractivity contribution is -0.192. The van der Waals surface area contributed by atoms with E-state index in [1.54, 1.807) is 18.6 Å². The van der Waals surface area contributed by atoms with Gasteiger partial charge in [0.05, 0.1) is 24.7 Å². The Labute approximate surface area is 195 Å². The zero-order chi connectivity index (χ0) is 25.3. The molecule has 2 aromatic rings. The van der Waals surface area contributed by atoms with Crippen LogP contribution < -0.4 is 5.32 Å². The summed E-state index contributed by atoms with van der Waals surface area (Å²) in [6.45, 7) is 5.75. The molecular weight excluding hydrogens is 455 g/mol. The number of carbonyl (C=O) groups excluding carboxylic acids is 2. The molecule has 1 aliphatic rings. The molecule has 0 radical (unpaired) electrons. The summed E-state index contributed by atoms with van der Waals surface area (Å²) in [5, 5.41) is 14.5. The number of aliphatic carboxylic acids is 1. The van der Waals surface area contributed by atoms with Gasteiger partial charge in [0, 0.05) is 38.1 Å². The van der Waals surface area contributed by atoms with Crippen LogP contribution in [0.5, 0.6) is 0 Å². The molecule has 2 N–H and O–H groups in total. The number of alkyl halides is 3. The molecule has 3 rings (SSSR count). The summed E-state index contributed by atoms with van der Waals surface area (Å²) in [5.41, 5.74) is 2.12. The first-order chi connectivity index (χ1) is 16.0. The van der Waals surface area contributed by atoms with Crippen molar-refractivity contribution in [3.63, 3.8) is 0 Å². The van der Waals surface area contributed by atoms with Gasteiger partial charge in [0.2, 0.25) is 11.8 Å². The molecule has 0 saturated carbocycles. The minimum atomic E-state index is -5.08. The number of amides is 2. The van der Waals surface area contributed by atoms with Crippen molar-refractivity contribution >= 4 is 17.8 Å². The van der Waals surface area contributed by atoms with Gasteiger partial charge < -0.3 is 15.3 Å². The maximum Gasteiger partial charge on any atom is 0.490 e. The molecule has 1 unspecified atom stereocenters. The summed E-state index contributed by atoms with van der Waals surface area (Å²) < 4.78 is 33.6. The van der Waals surface area contributed by atoms with Crippen molar-refractivity contribution < 1.29 is 32.7 Å². The first kappa shape index (κ1) is 26.8. The fourth-order valence-corrected chi connectivity index (χ4v) is 3.39. The molecule has 2 amide bonds. The Balaban J connectivity index is 0.000000509. The molecule has 0 bridgehead atoms.